The smallest absolute Gasteiger partial charge is 0.213 e. The van der Waals surface area contributed by atoms with Gasteiger partial charge in [-0.2, -0.15) is 0 Å². The number of benzene rings is 1. The lowest BCUT2D eigenvalue weighted by Crippen LogP contribution is -2.16. The van der Waals surface area contributed by atoms with E-state index in [9.17, 15) is 0 Å². The van der Waals surface area contributed by atoms with Crippen molar-refractivity contribution >= 4 is 0 Å². The number of aryl methyl sites for hydroxylation is 1. The van der Waals surface area contributed by atoms with Gasteiger partial charge in [0.05, 0.1) is 0 Å². The number of nitrogens with zero attached hydrogens (tertiary/aromatic N) is 1. The number of rotatable bonds is 2. The van der Waals surface area contributed by atoms with E-state index in [0.29, 0.717) is 0 Å². The van der Waals surface area contributed by atoms with Crippen LogP contribution in [0.1, 0.15) is 16.7 Å². The molecule has 2 heteroatoms. The molecule has 0 amide bonds. The van der Waals surface area contributed by atoms with E-state index in [0.717, 1.165) is 18.7 Å². The predicted molar refractivity (Wildman–Crippen MR) is 67.2 cm³/mol. The van der Waals surface area contributed by atoms with E-state index in [1.807, 2.05) is 12.1 Å². The number of aromatic nitrogens is 1. The second kappa shape index (κ2) is 4.21. The molecule has 0 saturated heterocycles. The molecule has 0 saturated carbocycles. The first kappa shape index (κ1) is 10.3. The SMILES string of the molecule is Cc1ccnc(OC2Cc3ccccc3C2)c1. The van der Waals surface area contributed by atoms with Crippen LogP contribution >= 0.6 is 0 Å². The highest BCUT2D eigenvalue weighted by Crippen LogP contribution is 2.24. The first-order valence-corrected chi connectivity index (χ1v) is 5.97. The fourth-order valence-electron chi connectivity index (χ4n) is 2.35. The Morgan fingerprint density at radius 3 is 2.47 bits per heavy atom. The number of hydrogen-bond acceptors (Lipinski definition) is 2. The van der Waals surface area contributed by atoms with E-state index in [-0.39, 0.29) is 6.10 Å². The third-order valence-electron chi connectivity index (χ3n) is 3.19. The van der Waals surface area contributed by atoms with E-state index < -0.39 is 0 Å². The molecule has 2 nitrogen and oxygen atoms in total. The van der Waals surface area contributed by atoms with Crippen LogP contribution in [-0.2, 0) is 12.8 Å². The summed E-state index contributed by atoms with van der Waals surface area (Å²) in [5, 5.41) is 0. The lowest BCUT2D eigenvalue weighted by atomic mass is 10.1. The third-order valence-corrected chi connectivity index (χ3v) is 3.19. The van der Waals surface area contributed by atoms with Crippen molar-refractivity contribution in [1.29, 1.82) is 0 Å². The number of ether oxygens (including phenoxy) is 1. The molecular formula is C15H15NO. The molecule has 0 spiro atoms. The van der Waals surface area contributed by atoms with Crippen molar-refractivity contribution < 1.29 is 4.74 Å². The van der Waals surface area contributed by atoms with E-state index in [4.69, 9.17) is 4.74 Å². The molecule has 0 bridgehead atoms. The second-order valence-corrected chi connectivity index (χ2v) is 4.59. The Hall–Kier alpha value is -1.83. The van der Waals surface area contributed by atoms with E-state index in [1.165, 1.54) is 16.7 Å². The normalized spacial score (nSPS) is 14.6. The van der Waals surface area contributed by atoms with Gasteiger partial charge in [0.15, 0.2) is 0 Å². The maximum atomic E-state index is 5.93. The van der Waals surface area contributed by atoms with Crippen molar-refractivity contribution in [2.45, 2.75) is 25.9 Å². The summed E-state index contributed by atoms with van der Waals surface area (Å²) in [5.41, 5.74) is 4.00. The quantitative estimate of drug-likeness (QED) is 0.784. The highest BCUT2D eigenvalue weighted by Gasteiger charge is 2.22. The minimum absolute atomic E-state index is 0.238. The van der Waals surface area contributed by atoms with Crippen molar-refractivity contribution in [2.75, 3.05) is 0 Å². The minimum Gasteiger partial charge on any atom is -0.474 e. The molecule has 3 rings (SSSR count). The Bertz CT molecular complexity index is 511. The maximum Gasteiger partial charge on any atom is 0.213 e. The lowest BCUT2D eigenvalue weighted by Gasteiger charge is -2.12. The molecule has 1 aromatic carbocycles. The van der Waals surface area contributed by atoms with Crippen LogP contribution in [0.25, 0.3) is 0 Å². The molecule has 1 heterocycles. The molecule has 2 aromatic rings. The molecule has 86 valence electrons. The van der Waals surface area contributed by atoms with E-state index in [2.05, 4.69) is 36.2 Å². The molecule has 1 aliphatic carbocycles. The van der Waals surface area contributed by atoms with Crippen LogP contribution in [0.15, 0.2) is 42.6 Å². The Morgan fingerprint density at radius 2 is 1.82 bits per heavy atom. The van der Waals surface area contributed by atoms with Crippen LogP contribution in [0.5, 0.6) is 5.88 Å². The highest BCUT2D eigenvalue weighted by molar-refractivity contribution is 5.33. The van der Waals surface area contributed by atoms with E-state index in [1.54, 1.807) is 6.20 Å². The largest absolute Gasteiger partial charge is 0.474 e. The van der Waals surface area contributed by atoms with Gasteiger partial charge in [0.1, 0.15) is 6.10 Å². The summed E-state index contributed by atoms with van der Waals surface area (Å²) in [6.07, 6.45) is 4.02. The van der Waals surface area contributed by atoms with Gasteiger partial charge in [0, 0.05) is 25.1 Å². The molecule has 0 atom stereocenters. The summed E-state index contributed by atoms with van der Waals surface area (Å²) in [5.74, 6) is 0.739. The first-order chi connectivity index (χ1) is 8.31. The topological polar surface area (TPSA) is 22.1 Å². The standard InChI is InChI=1S/C15H15NO/c1-11-6-7-16-15(8-11)17-14-9-12-4-2-3-5-13(12)10-14/h2-8,14H,9-10H2,1H3. The summed E-state index contributed by atoms with van der Waals surface area (Å²) >= 11 is 0. The van der Waals surface area contributed by atoms with Crippen molar-refractivity contribution in [1.82, 2.24) is 4.98 Å². The lowest BCUT2D eigenvalue weighted by molar-refractivity contribution is 0.205. The molecule has 0 aliphatic heterocycles. The second-order valence-electron chi connectivity index (χ2n) is 4.59. The average Bonchev–Trinajstić information content (AvgIpc) is 2.71. The summed E-state index contributed by atoms with van der Waals surface area (Å²) < 4.78 is 5.93. The molecule has 1 aliphatic rings. The van der Waals surface area contributed by atoms with Crippen LogP contribution in [-0.4, -0.2) is 11.1 Å². The monoisotopic (exact) mass is 225 g/mol. The Labute approximate surface area is 101 Å². The van der Waals surface area contributed by atoms with Gasteiger partial charge >= 0.3 is 0 Å². The third kappa shape index (κ3) is 2.16. The number of fused-ring (bicyclic) bond motifs is 1. The molecule has 1 aromatic heterocycles. The van der Waals surface area contributed by atoms with Crippen molar-refractivity contribution in [3.05, 3.63) is 59.3 Å². The molecule has 0 fully saturated rings. The fraction of sp³-hybridized carbons (Fsp3) is 0.267. The van der Waals surface area contributed by atoms with E-state index >= 15 is 0 Å². The fourth-order valence-corrected chi connectivity index (χ4v) is 2.35. The van der Waals surface area contributed by atoms with Gasteiger partial charge in [0.2, 0.25) is 5.88 Å². The zero-order valence-electron chi connectivity index (χ0n) is 9.89. The Morgan fingerprint density at radius 1 is 1.12 bits per heavy atom. The van der Waals surface area contributed by atoms with Crippen LogP contribution in [0.4, 0.5) is 0 Å². The highest BCUT2D eigenvalue weighted by atomic mass is 16.5. The van der Waals surface area contributed by atoms with Crippen LogP contribution < -0.4 is 4.74 Å². The summed E-state index contributed by atoms with van der Waals surface area (Å²) in [6.45, 7) is 2.05. The molecule has 0 N–H and O–H groups in total. The summed E-state index contributed by atoms with van der Waals surface area (Å²) in [7, 11) is 0. The van der Waals surface area contributed by atoms with Gasteiger partial charge in [-0.15, -0.1) is 0 Å². The zero-order valence-corrected chi connectivity index (χ0v) is 9.89. The minimum atomic E-state index is 0.238. The molecule has 0 unspecified atom stereocenters. The summed E-state index contributed by atoms with van der Waals surface area (Å²) in [4.78, 5) is 4.24. The maximum absolute atomic E-state index is 5.93. The average molecular weight is 225 g/mol. The van der Waals surface area contributed by atoms with Gasteiger partial charge in [-0.25, -0.2) is 4.98 Å². The first-order valence-electron chi connectivity index (χ1n) is 5.97. The molecular weight excluding hydrogens is 210 g/mol. The van der Waals surface area contributed by atoms with Crippen molar-refractivity contribution in [3.63, 3.8) is 0 Å². The Kier molecular flexibility index (Phi) is 2.56. The molecule has 17 heavy (non-hydrogen) atoms. The van der Waals surface area contributed by atoms with Crippen molar-refractivity contribution in [2.24, 2.45) is 0 Å². The molecule has 0 radical (unpaired) electrons. The Balaban J connectivity index is 1.74. The predicted octanol–water partition coefficient (Wildman–Crippen LogP) is 2.94. The van der Waals surface area contributed by atoms with Crippen LogP contribution in [0.3, 0.4) is 0 Å². The van der Waals surface area contributed by atoms with Gasteiger partial charge in [0.25, 0.3) is 0 Å². The summed E-state index contributed by atoms with van der Waals surface area (Å²) in [6, 6.07) is 12.5. The zero-order chi connectivity index (χ0) is 11.7. The van der Waals surface area contributed by atoms with Gasteiger partial charge in [-0.1, -0.05) is 24.3 Å². The van der Waals surface area contributed by atoms with Crippen LogP contribution in [0.2, 0.25) is 0 Å². The van der Waals surface area contributed by atoms with Gasteiger partial charge < -0.3 is 4.74 Å². The van der Waals surface area contributed by atoms with Crippen LogP contribution in [0, 0.1) is 6.92 Å². The number of pyridine rings is 1. The van der Waals surface area contributed by atoms with Crippen molar-refractivity contribution in [3.8, 4) is 5.88 Å². The van der Waals surface area contributed by atoms with Gasteiger partial charge in [-0.05, 0) is 29.7 Å². The number of hydrogen-bond donors (Lipinski definition) is 0. The van der Waals surface area contributed by atoms with Gasteiger partial charge in [-0.3, -0.25) is 0 Å².